The van der Waals surface area contributed by atoms with Crippen molar-refractivity contribution in [3.8, 4) is 0 Å². The molecule has 0 radical (unpaired) electrons. The second-order valence-electron chi connectivity index (χ2n) is 3.76. The van der Waals surface area contributed by atoms with Gasteiger partial charge < -0.3 is 15.5 Å². The van der Waals surface area contributed by atoms with Gasteiger partial charge in [0, 0.05) is 25.7 Å². The van der Waals surface area contributed by atoms with Crippen molar-refractivity contribution >= 4 is 6.01 Å². The summed E-state index contributed by atoms with van der Waals surface area (Å²) in [4.78, 5) is 6.20. The molecule has 1 aromatic heterocycles. The zero-order valence-electron chi connectivity index (χ0n) is 8.36. The summed E-state index contributed by atoms with van der Waals surface area (Å²) in [5.74, 6) is 0.844. The van der Waals surface area contributed by atoms with Gasteiger partial charge in [-0.2, -0.15) is 0 Å². The molecule has 0 saturated carbocycles. The Labute approximate surface area is 83.3 Å². The Kier molecular flexibility index (Phi) is 2.69. The number of piperazine rings is 1. The second kappa shape index (κ2) is 3.98. The van der Waals surface area contributed by atoms with Crippen LogP contribution < -0.4 is 11.1 Å². The van der Waals surface area contributed by atoms with E-state index in [0.717, 1.165) is 31.9 Å². The quantitative estimate of drug-likeness (QED) is 0.699. The number of nitrogen functional groups attached to an aromatic ring is 1. The van der Waals surface area contributed by atoms with Crippen molar-refractivity contribution in [3.05, 3.63) is 12.0 Å². The summed E-state index contributed by atoms with van der Waals surface area (Å²) >= 11 is 0. The lowest BCUT2D eigenvalue weighted by atomic mass is 10.2. The Morgan fingerprint density at radius 3 is 3.29 bits per heavy atom. The summed E-state index contributed by atoms with van der Waals surface area (Å²) in [5.41, 5.74) is 5.40. The topological polar surface area (TPSA) is 67.3 Å². The van der Waals surface area contributed by atoms with Gasteiger partial charge in [-0.1, -0.05) is 0 Å². The maximum absolute atomic E-state index is 5.40. The molecule has 0 aromatic carbocycles. The monoisotopic (exact) mass is 196 g/mol. The van der Waals surface area contributed by atoms with Gasteiger partial charge in [-0.3, -0.25) is 4.90 Å². The van der Waals surface area contributed by atoms with Gasteiger partial charge in [0.2, 0.25) is 0 Å². The van der Waals surface area contributed by atoms with Crippen molar-refractivity contribution in [1.82, 2.24) is 15.2 Å². The fourth-order valence-electron chi connectivity index (χ4n) is 1.77. The molecule has 1 saturated heterocycles. The highest BCUT2D eigenvalue weighted by atomic mass is 16.4. The van der Waals surface area contributed by atoms with Crippen LogP contribution in [0.1, 0.15) is 12.7 Å². The first-order valence-electron chi connectivity index (χ1n) is 4.90. The summed E-state index contributed by atoms with van der Waals surface area (Å²) in [7, 11) is 0. The van der Waals surface area contributed by atoms with E-state index in [0.29, 0.717) is 6.04 Å². The Balaban J connectivity index is 1.90. The molecule has 2 heterocycles. The van der Waals surface area contributed by atoms with Gasteiger partial charge in [-0.25, -0.2) is 4.98 Å². The van der Waals surface area contributed by atoms with Crippen LogP contribution in [0.25, 0.3) is 0 Å². The largest absolute Gasteiger partial charge is 0.428 e. The van der Waals surface area contributed by atoms with Crippen molar-refractivity contribution < 1.29 is 4.42 Å². The Hall–Kier alpha value is -1.07. The van der Waals surface area contributed by atoms with E-state index >= 15 is 0 Å². The molecule has 14 heavy (non-hydrogen) atoms. The molecule has 0 amide bonds. The van der Waals surface area contributed by atoms with Crippen LogP contribution in [0.4, 0.5) is 6.01 Å². The second-order valence-corrected chi connectivity index (χ2v) is 3.76. The maximum Gasteiger partial charge on any atom is 0.292 e. The third-order valence-electron chi connectivity index (χ3n) is 2.40. The van der Waals surface area contributed by atoms with Crippen molar-refractivity contribution in [2.24, 2.45) is 0 Å². The predicted molar refractivity (Wildman–Crippen MR) is 53.7 cm³/mol. The molecule has 3 N–H and O–H groups in total. The molecule has 78 valence electrons. The van der Waals surface area contributed by atoms with Crippen molar-refractivity contribution in [3.63, 3.8) is 0 Å². The number of aromatic nitrogens is 1. The van der Waals surface area contributed by atoms with E-state index in [9.17, 15) is 0 Å². The summed E-state index contributed by atoms with van der Waals surface area (Å²) < 4.78 is 5.23. The van der Waals surface area contributed by atoms with Gasteiger partial charge in [-0.05, 0) is 6.92 Å². The zero-order valence-corrected chi connectivity index (χ0v) is 8.36. The average Bonchev–Trinajstić information content (AvgIpc) is 2.51. The number of hydrogen-bond donors (Lipinski definition) is 2. The van der Waals surface area contributed by atoms with Gasteiger partial charge in [-0.15, -0.1) is 0 Å². The van der Waals surface area contributed by atoms with E-state index in [2.05, 4.69) is 22.1 Å². The Morgan fingerprint density at radius 1 is 1.79 bits per heavy atom. The molecule has 2 rings (SSSR count). The molecule has 1 aliphatic rings. The lowest BCUT2D eigenvalue weighted by Gasteiger charge is -2.30. The first kappa shape index (κ1) is 9.48. The van der Waals surface area contributed by atoms with Gasteiger partial charge in [0.15, 0.2) is 0 Å². The summed E-state index contributed by atoms with van der Waals surface area (Å²) in [5, 5.41) is 3.39. The van der Waals surface area contributed by atoms with E-state index in [4.69, 9.17) is 10.2 Å². The molecular weight excluding hydrogens is 180 g/mol. The third kappa shape index (κ3) is 2.24. The third-order valence-corrected chi connectivity index (χ3v) is 2.40. The summed E-state index contributed by atoms with van der Waals surface area (Å²) in [6.07, 6.45) is 1.70. The van der Waals surface area contributed by atoms with Crippen LogP contribution in [0, 0.1) is 0 Å². The van der Waals surface area contributed by atoms with Crippen molar-refractivity contribution in [2.75, 3.05) is 25.4 Å². The molecule has 0 spiro atoms. The smallest absolute Gasteiger partial charge is 0.292 e. The molecule has 5 nitrogen and oxygen atoms in total. The number of nitrogens with zero attached hydrogens (tertiary/aromatic N) is 2. The molecular formula is C9H16N4O. The van der Waals surface area contributed by atoms with Crippen LogP contribution in [-0.4, -0.2) is 35.6 Å². The first-order chi connectivity index (χ1) is 6.74. The minimum atomic E-state index is 0.253. The van der Waals surface area contributed by atoms with Crippen LogP contribution in [0.2, 0.25) is 0 Å². The molecule has 0 aliphatic carbocycles. The summed E-state index contributed by atoms with van der Waals surface area (Å²) in [6, 6.07) is 0.798. The lowest BCUT2D eigenvalue weighted by molar-refractivity contribution is 0.187. The zero-order chi connectivity index (χ0) is 9.97. The summed E-state index contributed by atoms with van der Waals surface area (Å²) in [6.45, 7) is 6.10. The van der Waals surface area contributed by atoms with Crippen LogP contribution in [0.15, 0.2) is 10.6 Å². The number of oxazole rings is 1. The predicted octanol–water partition coefficient (Wildman–Crippen LogP) is 0.0505. The number of hydrogen-bond acceptors (Lipinski definition) is 5. The van der Waals surface area contributed by atoms with Crippen LogP contribution in [0.5, 0.6) is 0 Å². The molecule has 1 fully saturated rings. The molecule has 5 heteroatoms. The van der Waals surface area contributed by atoms with Crippen LogP contribution >= 0.6 is 0 Å². The lowest BCUT2D eigenvalue weighted by Crippen LogP contribution is -2.48. The van der Waals surface area contributed by atoms with E-state index in [1.54, 1.807) is 6.20 Å². The van der Waals surface area contributed by atoms with Gasteiger partial charge in [0.25, 0.3) is 6.01 Å². The standard InChI is InChI=1S/C9H16N4O/c1-7-5-13(3-2-11-7)6-8-4-12-9(10)14-8/h4,7,11H,2-3,5-6H2,1H3,(H2,10,12)/t7-/m1/s1. The van der Waals surface area contributed by atoms with E-state index < -0.39 is 0 Å². The molecule has 0 bridgehead atoms. The highest BCUT2D eigenvalue weighted by Gasteiger charge is 2.16. The van der Waals surface area contributed by atoms with E-state index in [-0.39, 0.29) is 6.01 Å². The minimum absolute atomic E-state index is 0.253. The molecule has 1 atom stereocenters. The van der Waals surface area contributed by atoms with Gasteiger partial charge >= 0.3 is 0 Å². The number of anilines is 1. The molecule has 1 aromatic rings. The first-order valence-corrected chi connectivity index (χ1v) is 4.90. The minimum Gasteiger partial charge on any atom is -0.428 e. The van der Waals surface area contributed by atoms with Crippen LogP contribution in [-0.2, 0) is 6.54 Å². The highest BCUT2D eigenvalue weighted by Crippen LogP contribution is 2.09. The maximum atomic E-state index is 5.40. The highest BCUT2D eigenvalue weighted by molar-refractivity contribution is 5.10. The fraction of sp³-hybridized carbons (Fsp3) is 0.667. The number of nitrogens with two attached hydrogens (primary N) is 1. The Morgan fingerprint density at radius 2 is 2.64 bits per heavy atom. The average molecular weight is 196 g/mol. The van der Waals surface area contributed by atoms with E-state index in [1.807, 2.05) is 0 Å². The van der Waals surface area contributed by atoms with E-state index in [1.165, 1.54) is 0 Å². The van der Waals surface area contributed by atoms with Gasteiger partial charge in [0.1, 0.15) is 5.76 Å². The van der Waals surface area contributed by atoms with Crippen molar-refractivity contribution in [1.29, 1.82) is 0 Å². The normalized spacial score (nSPS) is 23.9. The molecule has 1 aliphatic heterocycles. The van der Waals surface area contributed by atoms with Crippen molar-refractivity contribution in [2.45, 2.75) is 19.5 Å². The van der Waals surface area contributed by atoms with Gasteiger partial charge in [0.05, 0.1) is 12.7 Å². The number of rotatable bonds is 2. The number of nitrogens with one attached hydrogen (secondary N) is 1. The fourth-order valence-corrected chi connectivity index (χ4v) is 1.77. The molecule has 0 unspecified atom stereocenters. The SMILES string of the molecule is C[C@@H]1CN(Cc2cnc(N)o2)CCN1. The van der Waals surface area contributed by atoms with Crippen LogP contribution in [0.3, 0.4) is 0 Å². The Bertz CT molecular complexity index is 299.